The molecule has 2 N–H and O–H groups in total. The first-order chi connectivity index (χ1) is 10.6. The topological polar surface area (TPSA) is 57.8 Å². The molecule has 0 fully saturated rings. The van der Waals surface area contributed by atoms with E-state index >= 15 is 0 Å². The summed E-state index contributed by atoms with van der Waals surface area (Å²) in [4.78, 5) is 12.1. The fourth-order valence-corrected chi connectivity index (χ4v) is 2.16. The number of halogens is 2. The van der Waals surface area contributed by atoms with Crippen LogP contribution in [0.4, 0.5) is 10.1 Å². The predicted molar refractivity (Wildman–Crippen MR) is 83.4 cm³/mol. The van der Waals surface area contributed by atoms with Gasteiger partial charge in [0.2, 0.25) is 0 Å². The van der Waals surface area contributed by atoms with Crippen molar-refractivity contribution >= 4 is 23.2 Å². The van der Waals surface area contributed by atoms with Crippen LogP contribution in [0.5, 0.6) is 0 Å². The minimum absolute atomic E-state index is 0.305. The first kappa shape index (κ1) is 14.3. The highest BCUT2D eigenvalue weighted by molar-refractivity contribution is 6.30. The number of H-pyrrole nitrogens is 1. The molecule has 0 atom stereocenters. The van der Waals surface area contributed by atoms with E-state index in [9.17, 15) is 9.18 Å². The smallest absolute Gasteiger partial charge is 0.273 e. The van der Waals surface area contributed by atoms with E-state index in [4.69, 9.17) is 11.6 Å². The molecule has 6 heteroatoms. The summed E-state index contributed by atoms with van der Waals surface area (Å²) in [7, 11) is 0. The molecule has 3 aromatic rings. The Bertz CT molecular complexity index is 814. The van der Waals surface area contributed by atoms with E-state index < -0.39 is 0 Å². The number of aromatic nitrogens is 2. The molecule has 1 amide bonds. The van der Waals surface area contributed by atoms with Gasteiger partial charge in [-0.2, -0.15) is 5.10 Å². The van der Waals surface area contributed by atoms with Gasteiger partial charge in [0.25, 0.3) is 5.91 Å². The number of benzene rings is 2. The van der Waals surface area contributed by atoms with Crippen LogP contribution in [0.2, 0.25) is 5.02 Å². The second-order valence-corrected chi connectivity index (χ2v) is 5.07. The van der Waals surface area contributed by atoms with Gasteiger partial charge in [-0.3, -0.25) is 9.89 Å². The Hall–Kier alpha value is -2.66. The molecule has 0 aliphatic rings. The molecule has 0 aliphatic carbocycles. The van der Waals surface area contributed by atoms with Gasteiger partial charge in [-0.1, -0.05) is 17.7 Å². The van der Waals surface area contributed by atoms with Crippen molar-refractivity contribution in [1.82, 2.24) is 10.2 Å². The Morgan fingerprint density at radius 1 is 1.14 bits per heavy atom. The van der Waals surface area contributed by atoms with Crippen LogP contribution >= 0.6 is 11.6 Å². The van der Waals surface area contributed by atoms with Gasteiger partial charge in [0.05, 0.1) is 5.69 Å². The summed E-state index contributed by atoms with van der Waals surface area (Å²) in [6.45, 7) is 0. The SMILES string of the molecule is O=C(Nc1cccc(Cl)c1)c1cc(-c2ccc(F)cc2)n[nH]1. The monoisotopic (exact) mass is 315 g/mol. The van der Waals surface area contributed by atoms with Crippen LogP contribution in [-0.2, 0) is 0 Å². The van der Waals surface area contributed by atoms with Crippen molar-refractivity contribution in [3.8, 4) is 11.3 Å². The molecule has 0 saturated heterocycles. The van der Waals surface area contributed by atoms with Crippen molar-refractivity contribution in [2.45, 2.75) is 0 Å². The fourth-order valence-electron chi connectivity index (χ4n) is 1.97. The lowest BCUT2D eigenvalue weighted by Crippen LogP contribution is -2.12. The molecule has 4 nitrogen and oxygen atoms in total. The van der Waals surface area contributed by atoms with Crippen molar-refractivity contribution in [2.24, 2.45) is 0 Å². The molecule has 1 aromatic heterocycles. The second-order valence-electron chi connectivity index (χ2n) is 4.64. The van der Waals surface area contributed by atoms with E-state index in [2.05, 4.69) is 15.5 Å². The summed E-state index contributed by atoms with van der Waals surface area (Å²) < 4.78 is 12.9. The number of nitrogens with zero attached hydrogens (tertiary/aromatic N) is 1. The fraction of sp³-hybridized carbons (Fsp3) is 0. The van der Waals surface area contributed by atoms with Gasteiger partial charge in [-0.15, -0.1) is 0 Å². The maximum absolute atomic E-state index is 12.9. The normalized spacial score (nSPS) is 10.5. The van der Waals surface area contributed by atoms with E-state index in [1.807, 2.05) is 0 Å². The van der Waals surface area contributed by atoms with Crippen LogP contribution in [0.25, 0.3) is 11.3 Å². The zero-order chi connectivity index (χ0) is 15.5. The maximum atomic E-state index is 12.9. The molecule has 0 bridgehead atoms. The summed E-state index contributed by atoms with van der Waals surface area (Å²) in [5.74, 6) is -0.652. The van der Waals surface area contributed by atoms with Gasteiger partial charge in [0.1, 0.15) is 11.5 Å². The minimum Gasteiger partial charge on any atom is -0.321 e. The summed E-state index contributed by atoms with van der Waals surface area (Å²) in [6, 6.07) is 14.3. The van der Waals surface area contributed by atoms with Crippen LogP contribution in [0.1, 0.15) is 10.5 Å². The van der Waals surface area contributed by atoms with Gasteiger partial charge in [-0.25, -0.2) is 4.39 Å². The lowest BCUT2D eigenvalue weighted by atomic mass is 10.1. The zero-order valence-corrected chi connectivity index (χ0v) is 12.1. The van der Waals surface area contributed by atoms with E-state index in [1.165, 1.54) is 12.1 Å². The van der Waals surface area contributed by atoms with Crippen molar-refractivity contribution in [3.63, 3.8) is 0 Å². The van der Waals surface area contributed by atoms with Gasteiger partial charge in [0.15, 0.2) is 0 Å². The van der Waals surface area contributed by atoms with Gasteiger partial charge < -0.3 is 5.32 Å². The highest BCUT2D eigenvalue weighted by Gasteiger charge is 2.11. The van der Waals surface area contributed by atoms with Crippen LogP contribution in [0, 0.1) is 5.82 Å². The van der Waals surface area contributed by atoms with E-state index in [-0.39, 0.29) is 11.7 Å². The molecule has 110 valence electrons. The lowest BCUT2D eigenvalue weighted by Gasteiger charge is -2.03. The Morgan fingerprint density at radius 2 is 1.91 bits per heavy atom. The predicted octanol–water partition coefficient (Wildman–Crippen LogP) is 4.12. The van der Waals surface area contributed by atoms with E-state index in [0.717, 1.165) is 5.56 Å². The Morgan fingerprint density at radius 3 is 2.64 bits per heavy atom. The molecule has 0 unspecified atom stereocenters. The van der Waals surface area contributed by atoms with Gasteiger partial charge >= 0.3 is 0 Å². The van der Waals surface area contributed by atoms with Crippen molar-refractivity contribution in [1.29, 1.82) is 0 Å². The Balaban J connectivity index is 1.78. The third kappa shape index (κ3) is 3.15. The molecule has 22 heavy (non-hydrogen) atoms. The average Bonchev–Trinajstić information content (AvgIpc) is 2.98. The van der Waals surface area contributed by atoms with Gasteiger partial charge in [-0.05, 0) is 48.5 Å². The highest BCUT2D eigenvalue weighted by Crippen LogP contribution is 2.19. The first-order valence-electron chi connectivity index (χ1n) is 6.50. The molecular formula is C16H11ClFN3O. The van der Waals surface area contributed by atoms with E-state index in [1.54, 1.807) is 42.5 Å². The summed E-state index contributed by atoms with van der Waals surface area (Å²) in [5.41, 5.74) is 2.19. The minimum atomic E-state index is -0.330. The van der Waals surface area contributed by atoms with Crippen molar-refractivity contribution in [3.05, 3.63) is 71.1 Å². The summed E-state index contributed by atoms with van der Waals surface area (Å²) in [5, 5.41) is 9.98. The lowest BCUT2D eigenvalue weighted by molar-refractivity contribution is 0.102. The number of aromatic amines is 1. The third-order valence-corrected chi connectivity index (χ3v) is 3.28. The van der Waals surface area contributed by atoms with Crippen LogP contribution < -0.4 is 5.32 Å². The quantitative estimate of drug-likeness (QED) is 0.763. The standard InChI is InChI=1S/C16H11ClFN3O/c17-11-2-1-3-13(8-11)19-16(22)15-9-14(20-21-15)10-4-6-12(18)7-5-10/h1-9H,(H,19,22)(H,20,21). The molecule has 0 saturated carbocycles. The number of hydrogen-bond donors (Lipinski definition) is 2. The summed E-state index contributed by atoms with van der Waals surface area (Å²) in [6.07, 6.45) is 0. The molecule has 3 rings (SSSR count). The van der Waals surface area contributed by atoms with Crippen LogP contribution in [0.15, 0.2) is 54.6 Å². The van der Waals surface area contributed by atoms with E-state index in [0.29, 0.717) is 22.1 Å². The largest absolute Gasteiger partial charge is 0.321 e. The third-order valence-electron chi connectivity index (χ3n) is 3.04. The highest BCUT2D eigenvalue weighted by atomic mass is 35.5. The number of hydrogen-bond acceptors (Lipinski definition) is 2. The Labute approximate surface area is 130 Å². The molecule has 1 heterocycles. The zero-order valence-electron chi connectivity index (χ0n) is 11.3. The molecule has 0 radical (unpaired) electrons. The number of carbonyl (C=O) groups excluding carboxylic acids is 1. The number of nitrogens with one attached hydrogen (secondary N) is 2. The molecule has 2 aromatic carbocycles. The van der Waals surface area contributed by atoms with Crippen molar-refractivity contribution in [2.75, 3.05) is 5.32 Å². The molecule has 0 spiro atoms. The van der Waals surface area contributed by atoms with Crippen LogP contribution in [-0.4, -0.2) is 16.1 Å². The number of amides is 1. The number of anilines is 1. The second kappa shape index (κ2) is 5.99. The molecular weight excluding hydrogens is 305 g/mol. The first-order valence-corrected chi connectivity index (χ1v) is 6.88. The van der Waals surface area contributed by atoms with Crippen LogP contribution in [0.3, 0.4) is 0 Å². The van der Waals surface area contributed by atoms with Gasteiger partial charge in [0, 0.05) is 16.3 Å². The van der Waals surface area contributed by atoms with Crippen molar-refractivity contribution < 1.29 is 9.18 Å². The summed E-state index contributed by atoms with van der Waals surface area (Å²) >= 11 is 5.87. The Kier molecular flexibility index (Phi) is 3.89. The average molecular weight is 316 g/mol. The number of rotatable bonds is 3. The number of carbonyl (C=O) groups is 1. The molecule has 0 aliphatic heterocycles. The maximum Gasteiger partial charge on any atom is 0.273 e.